The van der Waals surface area contributed by atoms with Crippen LogP contribution in [0.3, 0.4) is 0 Å². The van der Waals surface area contributed by atoms with Crippen LogP contribution in [0.25, 0.3) is 11.4 Å². The number of anilines is 1. The van der Waals surface area contributed by atoms with Crippen LogP contribution >= 0.6 is 11.6 Å². The summed E-state index contributed by atoms with van der Waals surface area (Å²) in [5, 5.41) is 4.38. The molecule has 0 atom stereocenters. The number of aromatic nitrogens is 2. The number of nitrogens with zero attached hydrogens (tertiary/aromatic N) is 4. The van der Waals surface area contributed by atoms with Crippen LogP contribution in [0.5, 0.6) is 0 Å². The average molecular weight is 449 g/mol. The van der Waals surface area contributed by atoms with Gasteiger partial charge in [0.2, 0.25) is 27.6 Å². The molecule has 0 bridgehead atoms. The minimum Gasteiger partial charge on any atom is -0.337 e. The molecule has 0 radical (unpaired) electrons. The lowest BCUT2D eigenvalue weighted by Gasteiger charge is -2.24. The average Bonchev–Trinajstić information content (AvgIpc) is 3.14. The lowest BCUT2D eigenvalue weighted by Crippen LogP contribution is -2.41. The first kappa shape index (κ1) is 21.8. The lowest BCUT2D eigenvalue weighted by atomic mass is 10.2. The van der Waals surface area contributed by atoms with Gasteiger partial charge in [0.05, 0.1) is 23.5 Å². The van der Waals surface area contributed by atoms with Gasteiger partial charge in [-0.1, -0.05) is 46.6 Å². The van der Waals surface area contributed by atoms with E-state index in [0.717, 1.165) is 16.1 Å². The van der Waals surface area contributed by atoms with Crippen molar-refractivity contribution in [3.05, 3.63) is 65.0 Å². The Kier molecular flexibility index (Phi) is 6.42. The van der Waals surface area contributed by atoms with Crippen LogP contribution in [-0.2, 0) is 21.4 Å². The van der Waals surface area contributed by atoms with Gasteiger partial charge >= 0.3 is 0 Å². The molecule has 1 heterocycles. The number of likely N-dealkylation sites (N-methyl/N-ethyl adjacent to an activating group) is 1. The number of halogens is 1. The normalized spacial score (nSPS) is 11.3. The van der Waals surface area contributed by atoms with Crippen LogP contribution in [-0.4, -0.2) is 49.2 Å². The van der Waals surface area contributed by atoms with Crippen molar-refractivity contribution in [2.75, 3.05) is 24.2 Å². The fraction of sp³-hybridized carbons (Fsp3) is 0.250. The van der Waals surface area contributed by atoms with Crippen LogP contribution in [0, 0.1) is 6.92 Å². The van der Waals surface area contributed by atoms with E-state index < -0.39 is 15.9 Å². The highest BCUT2D eigenvalue weighted by Gasteiger charge is 2.24. The number of carbonyl (C=O) groups is 1. The van der Waals surface area contributed by atoms with Gasteiger partial charge in [0.25, 0.3) is 0 Å². The van der Waals surface area contributed by atoms with E-state index in [2.05, 4.69) is 10.1 Å². The van der Waals surface area contributed by atoms with Crippen molar-refractivity contribution in [3.63, 3.8) is 0 Å². The molecule has 0 fully saturated rings. The Morgan fingerprint density at radius 3 is 2.43 bits per heavy atom. The van der Waals surface area contributed by atoms with Gasteiger partial charge in [-0.2, -0.15) is 4.98 Å². The van der Waals surface area contributed by atoms with Gasteiger partial charge in [0, 0.05) is 12.6 Å². The number of amides is 1. The van der Waals surface area contributed by atoms with Crippen LogP contribution < -0.4 is 4.31 Å². The summed E-state index contributed by atoms with van der Waals surface area (Å²) in [7, 11) is -2.11. The summed E-state index contributed by atoms with van der Waals surface area (Å²) in [6.45, 7) is 1.58. The maximum absolute atomic E-state index is 12.7. The zero-order chi connectivity index (χ0) is 21.9. The van der Waals surface area contributed by atoms with Crippen LogP contribution in [0.1, 0.15) is 11.5 Å². The van der Waals surface area contributed by atoms with E-state index in [9.17, 15) is 13.2 Å². The molecular weight excluding hydrogens is 428 g/mol. The molecule has 8 nitrogen and oxygen atoms in total. The molecule has 0 saturated heterocycles. The van der Waals surface area contributed by atoms with Gasteiger partial charge in [0.1, 0.15) is 6.54 Å². The summed E-state index contributed by atoms with van der Waals surface area (Å²) < 4.78 is 30.7. The SMILES string of the molecule is Cc1ccc(N(CC(=O)N(C)Cc2nc(-c3ccccc3Cl)no2)S(C)(=O)=O)cc1. The third-order valence-corrected chi connectivity index (χ3v) is 5.85. The molecule has 0 N–H and O–H groups in total. The van der Waals surface area contributed by atoms with Crippen LogP contribution in [0.15, 0.2) is 53.1 Å². The van der Waals surface area contributed by atoms with Gasteiger partial charge in [-0.05, 0) is 31.2 Å². The van der Waals surface area contributed by atoms with Gasteiger partial charge in [-0.25, -0.2) is 8.42 Å². The Balaban J connectivity index is 1.72. The third kappa shape index (κ3) is 5.17. The molecule has 1 amide bonds. The lowest BCUT2D eigenvalue weighted by molar-refractivity contribution is -0.129. The second-order valence-electron chi connectivity index (χ2n) is 6.85. The maximum Gasteiger partial charge on any atom is 0.246 e. The van der Waals surface area contributed by atoms with Crippen molar-refractivity contribution >= 4 is 33.2 Å². The molecule has 0 aliphatic rings. The minimum atomic E-state index is -3.65. The number of hydrogen-bond acceptors (Lipinski definition) is 6. The molecule has 0 unspecified atom stereocenters. The van der Waals surface area contributed by atoms with Gasteiger partial charge in [-0.15, -0.1) is 0 Å². The molecule has 0 spiro atoms. The summed E-state index contributed by atoms with van der Waals surface area (Å²) in [6.07, 6.45) is 1.06. The van der Waals surface area contributed by atoms with Gasteiger partial charge in [0.15, 0.2) is 0 Å². The number of carbonyl (C=O) groups excluding carboxylic acids is 1. The molecule has 2 aromatic carbocycles. The largest absolute Gasteiger partial charge is 0.337 e. The van der Waals surface area contributed by atoms with Crippen molar-refractivity contribution < 1.29 is 17.7 Å². The Bertz CT molecular complexity index is 1150. The summed E-state index contributed by atoms with van der Waals surface area (Å²) in [5.41, 5.74) is 2.02. The number of hydrogen-bond donors (Lipinski definition) is 0. The quantitative estimate of drug-likeness (QED) is 0.551. The summed E-state index contributed by atoms with van der Waals surface area (Å²) >= 11 is 6.14. The van der Waals surface area contributed by atoms with Crippen LogP contribution in [0.4, 0.5) is 5.69 Å². The Morgan fingerprint density at radius 1 is 1.13 bits per heavy atom. The second kappa shape index (κ2) is 8.85. The van der Waals surface area contributed by atoms with E-state index in [0.29, 0.717) is 22.1 Å². The van der Waals surface area contributed by atoms with E-state index in [-0.39, 0.29) is 19.0 Å². The Morgan fingerprint density at radius 2 is 1.80 bits per heavy atom. The first-order valence-electron chi connectivity index (χ1n) is 9.01. The topological polar surface area (TPSA) is 96.6 Å². The van der Waals surface area contributed by atoms with Gasteiger partial charge < -0.3 is 9.42 Å². The van der Waals surface area contributed by atoms with Crippen molar-refractivity contribution in [2.45, 2.75) is 13.5 Å². The van der Waals surface area contributed by atoms with Crippen molar-refractivity contribution in [1.82, 2.24) is 15.0 Å². The van der Waals surface area contributed by atoms with E-state index in [1.165, 1.54) is 11.9 Å². The maximum atomic E-state index is 12.7. The summed E-state index contributed by atoms with van der Waals surface area (Å²) in [5.74, 6) is 0.106. The molecule has 10 heteroatoms. The minimum absolute atomic E-state index is 0.0295. The molecule has 0 aliphatic carbocycles. The predicted molar refractivity (Wildman–Crippen MR) is 115 cm³/mol. The van der Waals surface area contributed by atoms with Crippen molar-refractivity contribution in [3.8, 4) is 11.4 Å². The van der Waals surface area contributed by atoms with Crippen molar-refractivity contribution in [2.24, 2.45) is 0 Å². The number of aryl methyl sites for hydroxylation is 1. The number of sulfonamides is 1. The Labute approximate surface area is 180 Å². The zero-order valence-corrected chi connectivity index (χ0v) is 18.3. The van der Waals surface area contributed by atoms with E-state index >= 15 is 0 Å². The predicted octanol–water partition coefficient (Wildman–Crippen LogP) is 3.12. The summed E-state index contributed by atoms with van der Waals surface area (Å²) in [4.78, 5) is 18.3. The molecular formula is C20H21ClN4O4S. The fourth-order valence-corrected chi connectivity index (χ4v) is 3.79. The highest BCUT2D eigenvalue weighted by atomic mass is 35.5. The number of rotatable bonds is 7. The summed E-state index contributed by atoms with van der Waals surface area (Å²) in [6, 6.07) is 14.0. The number of benzene rings is 2. The Hall–Kier alpha value is -2.91. The van der Waals surface area contributed by atoms with Crippen LogP contribution in [0.2, 0.25) is 5.02 Å². The molecule has 30 heavy (non-hydrogen) atoms. The van der Waals surface area contributed by atoms with E-state index in [1.54, 1.807) is 48.5 Å². The molecule has 158 valence electrons. The van der Waals surface area contributed by atoms with Gasteiger partial charge in [-0.3, -0.25) is 9.10 Å². The smallest absolute Gasteiger partial charge is 0.246 e. The first-order chi connectivity index (χ1) is 14.1. The third-order valence-electron chi connectivity index (χ3n) is 4.38. The first-order valence-corrected chi connectivity index (χ1v) is 11.2. The molecule has 3 rings (SSSR count). The van der Waals surface area contributed by atoms with E-state index in [4.69, 9.17) is 16.1 Å². The second-order valence-corrected chi connectivity index (χ2v) is 9.16. The van der Waals surface area contributed by atoms with Crippen molar-refractivity contribution in [1.29, 1.82) is 0 Å². The standard InChI is InChI=1S/C20H21ClN4O4S/c1-14-8-10-15(11-9-14)25(30(3,27)28)13-19(26)24(2)12-18-22-20(23-29-18)16-6-4-5-7-17(16)21/h4-11H,12-13H2,1-3H3. The molecule has 3 aromatic rings. The monoisotopic (exact) mass is 448 g/mol. The highest BCUT2D eigenvalue weighted by molar-refractivity contribution is 7.92. The molecule has 0 aliphatic heterocycles. The fourth-order valence-electron chi connectivity index (χ4n) is 2.72. The zero-order valence-electron chi connectivity index (χ0n) is 16.7. The molecule has 1 aromatic heterocycles. The van der Waals surface area contributed by atoms with E-state index in [1.807, 2.05) is 6.92 Å². The highest BCUT2D eigenvalue weighted by Crippen LogP contribution is 2.25. The molecule has 0 saturated carbocycles.